The molecule has 2 aromatic heterocycles. The third-order valence-corrected chi connectivity index (χ3v) is 3.98. The van der Waals surface area contributed by atoms with Crippen LogP contribution >= 0.6 is 15.9 Å². The van der Waals surface area contributed by atoms with Gasteiger partial charge in [0.25, 0.3) is 5.91 Å². The van der Waals surface area contributed by atoms with Crippen LogP contribution in [0.15, 0.2) is 47.3 Å². The minimum absolute atomic E-state index is 0.199. The number of benzene rings is 1. The SMILES string of the molecule is COc1cc(C)cc(CNC(=O)c2ncn3cc(Br)ccc23)c1. The largest absolute Gasteiger partial charge is 0.497 e. The van der Waals surface area contributed by atoms with Crippen molar-refractivity contribution in [3.8, 4) is 5.75 Å². The molecule has 0 aliphatic carbocycles. The molecule has 6 heteroatoms. The Hall–Kier alpha value is -2.34. The normalized spacial score (nSPS) is 10.7. The lowest BCUT2D eigenvalue weighted by atomic mass is 10.1. The van der Waals surface area contributed by atoms with Gasteiger partial charge in [-0.05, 0) is 58.2 Å². The highest BCUT2D eigenvalue weighted by Crippen LogP contribution is 2.17. The first-order chi connectivity index (χ1) is 11.1. The number of ether oxygens (including phenoxy) is 1. The second-order valence-electron chi connectivity index (χ2n) is 5.27. The van der Waals surface area contributed by atoms with Gasteiger partial charge in [-0.2, -0.15) is 0 Å². The summed E-state index contributed by atoms with van der Waals surface area (Å²) in [4.78, 5) is 16.6. The highest BCUT2D eigenvalue weighted by molar-refractivity contribution is 9.10. The Balaban J connectivity index is 1.77. The van der Waals surface area contributed by atoms with E-state index in [0.29, 0.717) is 12.2 Å². The second-order valence-corrected chi connectivity index (χ2v) is 6.19. The topological polar surface area (TPSA) is 55.6 Å². The fourth-order valence-corrected chi connectivity index (χ4v) is 2.81. The fourth-order valence-electron chi connectivity index (χ4n) is 2.46. The van der Waals surface area contributed by atoms with Crippen molar-refractivity contribution in [3.63, 3.8) is 0 Å². The van der Waals surface area contributed by atoms with Crippen LogP contribution in [0.1, 0.15) is 21.6 Å². The fraction of sp³-hybridized carbons (Fsp3) is 0.176. The maximum Gasteiger partial charge on any atom is 0.272 e. The van der Waals surface area contributed by atoms with E-state index in [-0.39, 0.29) is 5.91 Å². The zero-order chi connectivity index (χ0) is 16.4. The Morgan fingerprint density at radius 3 is 2.96 bits per heavy atom. The van der Waals surface area contributed by atoms with E-state index < -0.39 is 0 Å². The number of amides is 1. The third-order valence-electron chi connectivity index (χ3n) is 3.51. The van der Waals surface area contributed by atoms with Gasteiger partial charge in [0.1, 0.15) is 12.1 Å². The van der Waals surface area contributed by atoms with Crippen LogP contribution in [-0.2, 0) is 6.54 Å². The molecule has 0 bridgehead atoms. The van der Waals surface area contributed by atoms with Gasteiger partial charge in [-0.1, -0.05) is 6.07 Å². The van der Waals surface area contributed by atoms with Crippen molar-refractivity contribution in [2.75, 3.05) is 7.11 Å². The molecular formula is C17H16BrN3O2. The van der Waals surface area contributed by atoms with Crippen molar-refractivity contribution >= 4 is 27.4 Å². The Morgan fingerprint density at radius 1 is 1.35 bits per heavy atom. The maximum atomic E-state index is 12.4. The molecule has 0 saturated heterocycles. The minimum atomic E-state index is -0.199. The number of hydrogen-bond acceptors (Lipinski definition) is 3. The maximum absolute atomic E-state index is 12.4. The van der Waals surface area contributed by atoms with Gasteiger partial charge in [0.05, 0.1) is 12.6 Å². The van der Waals surface area contributed by atoms with Gasteiger partial charge in [-0.25, -0.2) is 4.98 Å². The number of nitrogens with one attached hydrogen (secondary N) is 1. The van der Waals surface area contributed by atoms with E-state index in [1.807, 2.05) is 47.9 Å². The van der Waals surface area contributed by atoms with Crippen LogP contribution in [0.3, 0.4) is 0 Å². The molecule has 0 atom stereocenters. The molecule has 5 nitrogen and oxygen atoms in total. The van der Waals surface area contributed by atoms with Gasteiger partial charge in [-0.15, -0.1) is 0 Å². The summed E-state index contributed by atoms with van der Waals surface area (Å²) in [6, 6.07) is 9.63. The number of nitrogens with zero attached hydrogens (tertiary/aromatic N) is 2. The summed E-state index contributed by atoms with van der Waals surface area (Å²) in [5.41, 5.74) is 3.26. The number of carbonyl (C=O) groups excluding carboxylic acids is 1. The first-order valence-electron chi connectivity index (χ1n) is 7.12. The van der Waals surface area contributed by atoms with E-state index in [4.69, 9.17) is 4.74 Å². The van der Waals surface area contributed by atoms with Crippen LogP contribution < -0.4 is 10.1 Å². The number of carbonyl (C=O) groups is 1. The van der Waals surface area contributed by atoms with Crippen molar-refractivity contribution in [3.05, 3.63) is 64.1 Å². The summed E-state index contributed by atoms with van der Waals surface area (Å²) in [5.74, 6) is 0.585. The Bertz CT molecular complexity index is 873. The van der Waals surface area contributed by atoms with E-state index >= 15 is 0 Å². The van der Waals surface area contributed by atoms with Crippen molar-refractivity contribution < 1.29 is 9.53 Å². The van der Waals surface area contributed by atoms with Crippen molar-refractivity contribution in [1.82, 2.24) is 14.7 Å². The number of hydrogen-bond donors (Lipinski definition) is 1. The summed E-state index contributed by atoms with van der Waals surface area (Å²) in [6.45, 7) is 2.42. The van der Waals surface area contributed by atoms with Gasteiger partial charge < -0.3 is 14.5 Å². The number of fused-ring (bicyclic) bond motifs is 1. The zero-order valence-corrected chi connectivity index (χ0v) is 14.4. The van der Waals surface area contributed by atoms with Crippen LogP contribution in [0, 0.1) is 6.92 Å². The second kappa shape index (κ2) is 6.42. The molecule has 3 aromatic rings. The lowest BCUT2D eigenvalue weighted by Gasteiger charge is -2.08. The molecule has 0 saturated carbocycles. The number of methoxy groups -OCH3 is 1. The molecule has 3 rings (SSSR count). The average molecular weight is 374 g/mol. The molecule has 0 unspecified atom stereocenters. The summed E-state index contributed by atoms with van der Waals surface area (Å²) in [6.07, 6.45) is 3.50. The molecule has 0 radical (unpaired) electrons. The third kappa shape index (κ3) is 3.37. The van der Waals surface area contributed by atoms with Crippen molar-refractivity contribution in [1.29, 1.82) is 0 Å². The molecule has 0 aliphatic heterocycles. The lowest BCUT2D eigenvalue weighted by Crippen LogP contribution is -2.23. The summed E-state index contributed by atoms with van der Waals surface area (Å²) >= 11 is 3.40. The molecular weight excluding hydrogens is 358 g/mol. The van der Waals surface area contributed by atoms with Gasteiger partial charge in [0, 0.05) is 17.2 Å². The smallest absolute Gasteiger partial charge is 0.272 e. The molecule has 0 spiro atoms. The van der Waals surface area contributed by atoms with E-state index in [1.54, 1.807) is 13.4 Å². The van der Waals surface area contributed by atoms with Gasteiger partial charge >= 0.3 is 0 Å². The van der Waals surface area contributed by atoms with Crippen molar-refractivity contribution in [2.45, 2.75) is 13.5 Å². The Labute approximate surface area is 142 Å². The predicted octanol–water partition coefficient (Wildman–Crippen LogP) is 3.34. The van der Waals surface area contributed by atoms with E-state index in [1.165, 1.54) is 0 Å². The van der Waals surface area contributed by atoms with Gasteiger partial charge in [0.2, 0.25) is 0 Å². The molecule has 23 heavy (non-hydrogen) atoms. The summed E-state index contributed by atoms with van der Waals surface area (Å²) in [5, 5.41) is 2.90. The highest BCUT2D eigenvalue weighted by atomic mass is 79.9. The first kappa shape index (κ1) is 15.6. The van der Waals surface area contributed by atoms with Crippen LogP contribution in [0.4, 0.5) is 0 Å². The number of aromatic nitrogens is 2. The molecule has 0 fully saturated rings. The molecule has 1 N–H and O–H groups in total. The quantitative estimate of drug-likeness (QED) is 0.762. The number of pyridine rings is 1. The van der Waals surface area contributed by atoms with E-state index in [2.05, 4.69) is 26.2 Å². The molecule has 1 aromatic carbocycles. The Morgan fingerprint density at radius 2 is 2.17 bits per heavy atom. The van der Waals surface area contributed by atoms with Crippen LogP contribution in [0.2, 0.25) is 0 Å². The number of halogens is 1. The predicted molar refractivity (Wildman–Crippen MR) is 91.8 cm³/mol. The number of imidazole rings is 1. The molecule has 2 heterocycles. The molecule has 118 valence electrons. The first-order valence-corrected chi connectivity index (χ1v) is 7.91. The summed E-state index contributed by atoms with van der Waals surface area (Å²) < 4.78 is 8.00. The average Bonchev–Trinajstić information content (AvgIpc) is 2.95. The molecule has 1 amide bonds. The Kier molecular flexibility index (Phi) is 4.34. The van der Waals surface area contributed by atoms with E-state index in [0.717, 1.165) is 26.9 Å². The number of aryl methyl sites for hydroxylation is 1. The van der Waals surface area contributed by atoms with Gasteiger partial charge in [-0.3, -0.25) is 4.79 Å². The monoisotopic (exact) mass is 373 g/mol. The van der Waals surface area contributed by atoms with Crippen LogP contribution in [-0.4, -0.2) is 22.4 Å². The van der Waals surface area contributed by atoms with Gasteiger partial charge in [0.15, 0.2) is 5.69 Å². The number of rotatable bonds is 4. The van der Waals surface area contributed by atoms with Crippen LogP contribution in [0.25, 0.3) is 5.52 Å². The minimum Gasteiger partial charge on any atom is -0.497 e. The summed E-state index contributed by atoms with van der Waals surface area (Å²) in [7, 11) is 1.63. The highest BCUT2D eigenvalue weighted by Gasteiger charge is 2.13. The molecule has 0 aliphatic rings. The lowest BCUT2D eigenvalue weighted by molar-refractivity contribution is 0.0948. The van der Waals surface area contributed by atoms with Crippen molar-refractivity contribution in [2.24, 2.45) is 0 Å². The van der Waals surface area contributed by atoms with Crippen LogP contribution in [0.5, 0.6) is 5.75 Å². The van der Waals surface area contributed by atoms with E-state index in [9.17, 15) is 4.79 Å². The standard InChI is InChI=1S/C17H16BrN3O2/c1-11-5-12(7-14(6-11)23-2)8-19-17(22)16-15-4-3-13(18)9-21(15)10-20-16/h3-7,9-10H,8H2,1-2H3,(H,19,22). The zero-order valence-electron chi connectivity index (χ0n) is 12.8.